The van der Waals surface area contributed by atoms with Gasteiger partial charge in [-0.05, 0) is 17.2 Å². The van der Waals surface area contributed by atoms with E-state index in [1.165, 1.54) is 0 Å². The van der Waals surface area contributed by atoms with Crippen LogP contribution in [0, 0.1) is 0 Å². The molecule has 1 aromatic rings. The molecule has 1 N–H and O–H groups in total. The summed E-state index contributed by atoms with van der Waals surface area (Å²) < 4.78 is 0.873. The number of ketones is 1. The zero-order valence-corrected chi connectivity index (χ0v) is 10.6. The number of hydrogen-bond donors (Lipinski definition) is 1. The van der Waals surface area contributed by atoms with Crippen molar-refractivity contribution in [2.75, 3.05) is 5.33 Å². The molecule has 0 unspecified atom stereocenters. The topological polar surface area (TPSA) is 37.3 Å². The van der Waals surface area contributed by atoms with Crippen molar-refractivity contribution in [1.29, 1.82) is 0 Å². The molecule has 0 heterocycles. The van der Waals surface area contributed by atoms with E-state index in [2.05, 4.69) is 31.9 Å². The standard InChI is InChI=1S/C10H10Br2O2/c11-5-9(14)4-8-2-1-7(6-13)3-10(8)12/h1-3,13H,4-6H2. The number of carbonyl (C=O) groups is 1. The van der Waals surface area contributed by atoms with Gasteiger partial charge in [0.25, 0.3) is 0 Å². The molecule has 0 radical (unpaired) electrons. The predicted octanol–water partition coefficient (Wildman–Crippen LogP) is 2.45. The van der Waals surface area contributed by atoms with Crippen molar-refractivity contribution in [2.45, 2.75) is 13.0 Å². The van der Waals surface area contributed by atoms with E-state index >= 15 is 0 Å². The monoisotopic (exact) mass is 320 g/mol. The molecule has 0 saturated heterocycles. The Kier molecular flexibility index (Phi) is 4.78. The van der Waals surface area contributed by atoms with Crippen LogP contribution in [-0.2, 0) is 17.8 Å². The summed E-state index contributed by atoms with van der Waals surface area (Å²) in [6, 6.07) is 5.51. The number of rotatable bonds is 4. The van der Waals surface area contributed by atoms with Crippen molar-refractivity contribution < 1.29 is 9.90 Å². The molecule has 14 heavy (non-hydrogen) atoms. The second-order valence-corrected chi connectivity index (χ2v) is 4.35. The fourth-order valence-electron chi connectivity index (χ4n) is 1.09. The molecule has 0 aliphatic carbocycles. The Labute approximate surface area is 99.6 Å². The SMILES string of the molecule is O=C(CBr)Cc1ccc(CO)cc1Br. The molecule has 4 heteroatoms. The summed E-state index contributed by atoms with van der Waals surface area (Å²) >= 11 is 6.49. The van der Waals surface area contributed by atoms with E-state index in [-0.39, 0.29) is 12.4 Å². The average molecular weight is 322 g/mol. The van der Waals surface area contributed by atoms with Gasteiger partial charge in [0.1, 0.15) is 5.78 Å². The lowest BCUT2D eigenvalue weighted by molar-refractivity contribution is -0.115. The van der Waals surface area contributed by atoms with Gasteiger partial charge in [0.15, 0.2) is 0 Å². The van der Waals surface area contributed by atoms with Gasteiger partial charge >= 0.3 is 0 Å². The maximum absolute atomic E-state index is 11.2. The Hall–Kier alpha value is -0.190. The highest BCUT2D eigenvalue weighted by atomic mass is 79.9. The first-order valence-electron chi connectivity index (χ1n) is 4.13. The lowest BCUT2D eigenvalue weighted by atomic mass is 10.1. The zero-order valence-electron chi connectivity index (χ0n) is 7.46. The third-order valence-corrected chi connectivity index (χ3v) is 3.20. The van der Waals surface area contributed by atoms with Crippen molar-refractivity contribution in [3.05, 3.63) is 33.8 Å². The van der Waals surface area contributed by atoms with Gasteiger partial charge in [-0.15, -0.1) is 0 Å². The molecular weight excluding hydrogens is 312 g/mol. The van der Waals surface area contributed by atoms with E-state index in [9.17, 15) is 4.79 Å². The largest absolute Gasteiger partial charge is 0.392 e. The number of benzene rings is 1. The average Bonchev–Trinajstić information content (AvgIpc) is 2.20. The summed E-state index contributed by atoms with van der Waals surface area (Å²) in [6.07, 6.45) is 0.414. The van der Waals surface area contributed by atoms with E-state index in [4.69, 9.17) is 5.11 Å². The summed E-state index contributed by atoms with van der Waals surface area (Å²) in [6.45, 7) is 0.0191. The van der Waals surface area contributed by atoms with Gasteiger partial charge in [-0.2, -0.15) is 0 Å². The van der Waals surface area contributed by atoms with Crippen LogP contribution in [-0.4, -0.2) is 16.2 Å². The van der Waals surface area contributed by atoms with Gasteiger partial charge in [-0.25, -0.2) is 0 Å². The number of aliphatic hydroxyl groups is 1. The molecule has 0 atom stereocenters. The second kappa shape index (κ2) is 5.63. The minimum atomic E-state index is 0.0191. The molecule has 0 amide bonds. The van der Waals surface area contributed by atoms with Gasteiger partial charge in [0.2, 0.25) is 0 Å². The lowest BCUT2D eigenvalue weighted by Crippen LogP contribution is -2.04. The Balaban J connectivity index is 2.83. The second-order valence-electron chi connectivity index (χ2n) is 2.93. The molecule has 0 aliphatic heterocycles. The highest BCUT2D eigenvalue weighted by molar-refractivity contribution is 9.10. The number of Topliss-reactive ketones (excluding diaryl/α,β-unsaturated/α-hetero) is 1. The molecule has 1 aromatic carbocycles. The molecule has 0 bridgehead atoms. The summed E-state index contributed by atoms with van der Waals surface area (Å²) in [4.78, 5) is 11.2. The third kappa shape index (κ3) is 3.19. The highest BCUT2D eigenvalue weighted by Gasteiger charge is 2.05. The molecular formula is C10H10Br2O2. The van der Waals surface area contributed by atoms with E-state index in [1.807, 2.05) is 18.2 Å². The molecule has 76 valence electrons. The van der Waals surface area contributed by atoms with Gasteiger partial charge < -0.3 is 5.11 Å². The van der Waals surface area contributed by atoms with Crippen LogP contribution in [0.1, 0.15) is 11.1 Å². The van der Waals surface area contributed by atoms with E-state index in [1.54, 1.807) is 0 Å². The van der Waals surface area contributed by atoms with Crippen molar-refractivity contribution in [2.24, 2.45) is 0 Å². The normalized spacial score (nSPS) is 10.2. The molecule has 2 nitrogen and oxygen atoms in total. The minimum Gasteiger partial charge on any atom is -0.392 e. The summed E-state index contributed by atoms with van der Waals surface area (Å²) in [5, 5.41) is 9.26. The Morgan fingerprint density at radius 1 is 1.43 bits per heavy atom. The van der Waals surface area contributed by atoms with E-state index in [0.29, 0.717) is 11.8 Å². The van der Waals surface area contributed by atoms with Gasteiger partial charge in [-0.3, -0.25) is 4.79 Å². The lowest BCUT2D eigenvalue weighted by Gasteiger charge is -2.04. The molecule has 0 saturated carbocycles. The smallest absolute Gasteiger partial charge is 0.147 e. The number of alkyl halides is 1. The van der Waals surface area contributed by atoms with Crippen molar-refractivity contribution in [1.82, 2.24) is 0 Å². The molecule has 0 spiro atoms. The first kappa shape index (κ1) is 11.9. The van der Waals surface area contributed by atoms with Crippen LogP contribution < -0.4 is 0 Å². The van der Waals surface area contributed by atoms with Crippen LogP contribution >= 0.6 is 31.9 Å². The fourth-order valence-corrected chi connectivity index (χ4v) is 1.86. The van der Waals surface area contributed by atoms with Gasteiger partial charge in [-0.1, -0.05) is 44.0 Å². The summed E-state index contributed by atoms with van der Waals surface area (Å²) in [5.41, 5.74) is 1.79. The number of halogens is 2. The number of aliphatic hydroxyl groups excluding tert-OH is 1. The highest BCUT2D eigenvalue weighted by Crippen LogP contribution is 2.19. The summed E-state index contributed by atoms with van der Waals surface area (Å²) in [7, 11) is 0. The first-order valence-corrected chi connectivity index (χ1v) is 6.04. The van der Waals surface area contributed by atoms with Crippen molar-refractivity contribution >= 4 is 37.6 Å². The van der Waals surface area contributed by atoms with Crippen LogP contribution in [0.2, 0.25) is 0 Å². The Morgan fingerprint density at radius 2 is 2.14 bits per heavy atom. The molecule has 1 rings (SSSR count). The predicted molar refractivity (Wildman–Crippen MR) is 62.6 cm³/mol. The van der Waals surface area contributed by atoms with Gasteiger partial charge in [0.05, 0.1) is 11.9 Å². The van der Waals surface area contributed by atoms with Crippen LogP contribution in [0.4, 0.5) is 0 Å². The maximum atomic E-state index is 11.2. The van der Waals surface area contributed by atoms with E-state index in [0.717, 1.165) is 15.6 Å². The van der Waals surface area contributed by atoms with Gasteiger partial charge in [0, 0.05) is 10.9 Å². The Bertz CT molecular complexity index is 337. The first-order chi connectivity index (χ1) is 6.67. The molecule has 0 aromatic heterocycles. The van der Waals surface area contributed by atoms with Crippen molar-refractivity contribution in [3.63, 3.8) is 0 Å². The maximum Gasteiger partial charge on any atom is 0.147 e. The quantitative estimate of drug-likeness (QED) is 0.865. The van der Waals surface area contributed by atoms with Crippen LogP contribution in [0.3, 0.4) is 0 Å². The number of carbonyl (C=O) groups excluding carboxylic acids is 1. The van der Waals surface area contributed by atoms with Crippen LogP contribution in [0.15, 0.2) is 22.7 Å². The molecule has 0 fully saturated rings. The molecule has 0 aliphatic rings. The van der Waals surface area contributed by atoms with Crippen molar-refractivity contribution in [3.8, 4) is 0 Å². The zero-order chi connectivity index (χ0) is 10.6. The number of hydrogen-bond acceptors (Lipinski definition) is 2. The third-order valence-electron chi connectivity index (χ3n) is 1.84. The fraction of sp³-hybridized carbons (Fsp3) is 0.300. The summed E-state index contributed by atoms with van der Waals surface area (Å²) in [5.74, 6) is 0.141. The Morgan fingerprint density at radius 3 is 2.64 bits per heavy atom. The van der Waals surface area contributed by atoms with E-state index < -0.39 is 0 Å². The van der Waals surface area contributed by atoms with Crippen LogP contribution in [0.5, 0.6) is 0 Å². The minimum absolute atomic E-state index is 0.0191. The van der Waals surface area contributed by atoms with Crippen LogP contribution in [0.25, 0.3) is 0 Å².